The number of anilines is 1. The minimum Gasteiger partial charge on any atom is -0.377 e. The van der Waals surface area contributed by atoms with Crippen LogP contribution in [0.3, 0.4) is 0 Å². The van der Waals surface area contributed by atoms with E-state index in [1.165, 1.54) is 18.2 Å². The number of rotatable bonds is 5. The second kappa shape index (κ2) is 6.52. The fourth-order valence-corrected chi connectivity index (χ4v) is 2.19. The van der Waals surface area contributed by atoms with Crippen molar-refractivity contribution < 1.29 is 8.78 Å². The molecule has 0 saturated carbocycles. The lowest BCUT2D eigenvalue weighted by Crippen LogP contribution is -2.19. The molecular weight excluding hydrogens is 274 g/mol. The van der Waals surface area contributed by atoms with Gasteiger partial charge in [0.05, 0.1) is 5.69 Å². The Morgan fingerprint density at radius 2 is 1.86 bits per heavy atom. The molecule has 0 radical (unpaired) electrons. The first-order valence-corrected chi connectivity index (χ1v) is 6.92. The molecule has 112 valence electrons. The Morgan fingerprint density at radius 1 is 1.19 bits per heavy atom. The molecule has 21 heavy (non-hydrogen) atoms. The van der Waals surface area contributed by atoms with Crippen LogP contribution in [0.1, 0.15) is 31.9 Å². The zero-order chi connectivity index (χ0) is 15.4. The summed E-state index contributed by atoms with van der Waals surface area (Å²) in [4.78, 5) is 11.6. The van der Waals surface area contributed by atoms with Crippen molar-refractivity contribution in [1.29, 1.82) is 0 Å². The third kappa shape index (κ3) is 3.90. The molecule has 1 N–H and O–H groups in total. The van der Waals surface area contributed by atoms with Gasteiger partial charge in [-0.1, -0.05) is 6.92 Å². The highest BCUT2D eigenvalue weighted by Gasteiger charge is 2.09. The van der Waals surface area contributed by atoms with Gasteiger partial charge in [0.15, 0.2) is 0 Å². The number of hydrogen-bond acceptors (Lipinski definition) is 2. The quantitative estimate of drug-likeness (QED) is 0.911. The maximum atomic E-state index is 13.2. The predicted octanol–water partition coefficient (Wildman–Crippen LogP) is 3.71. The summed E-state index contributed by atoms with van der Waals surface area (Å²) in [6, 6.07) is 6.31. The molecule has 1 aromatic carbocycles. The molecule has 5 heteroatoms. The Bertz CT molecular complexity index is 662. The van der Waals surface area contributed by atoms with Gasteiger partial charge in [-0.3, -0.25) is 4.79 Å². The first kappa shape index (κ1) is 15.2. The summed E-state index contributed by atoms with van der Waals surface area (Å²) in [5.41, 5.74) is 1.19. The van der Waals surface area contributed by atoms with E-state index in [-0.39, 0.29) is 11.6 Å². The molecule has 0 aliphatic carbocycles. The van der Waals surface area contributed by atoms with E-state index < -0.39 is 11.6 Å². The van der Waals surface area contributed by atoms with Gasteiger partial charge in [-0.2, -0.15) is 0 Å². The van der Waals surface area contributed by atoms with Crippen LogP contribution in [0.2, 0.25) is 0 Å². The van der Waals surface area contributed by atoms with Crippen molar-refractivity contribution in [2.24, 2.45) is 0 Å². The van der Waals surface area contributed by atoms with Gasteiger partial charge in [0.2, 0.25) is 0 Å². The van der Waals surface area contributed by atoms with Gasteiger partial charge in [-0.05, 0) is 37.1 Å². The van der Waals surface area contributed by atoms with Crippen molar-refractivity contribution in [3.05, 3.63) is 64.1 Å². The van der Waals surface area contributed by atoms with Gasteiger partial charge in [-0.15, -0.1) is 0 Å². The van der Waals surface area contributed by atoms with Crippen molar-refractivity contribution in [1.82, 2.24) is 4.57 Å². The first-order chi connectivity index (χ1) is 9.99. The third-order valence-corrected chi connectivity index (χ3v) is 3.22. The molecule has 0 bridgehead atoms. The highest BCUT2D eigenvalue weighted by atomic mass is 19.1. The van der Waals surface area contributed by atoms with Crippen LogP contribution in [-0.2, 0) is 6.54 Å². The average molecular weight is 292 g/mol. The van der Waals surface area contributed by atoms with Crippen molar-refractivity contribution in [2.45, 2.75) is 32.9 Å². The maximum absolute atomic E-state index is 13.2. The number of aryl methyl sites for hydroxylation is 1. The van der Waals surface area contributed by atoms with Crippen molar-refractivity contribution in [3.63, 3.8) is 0 Å². The van der Waals surface area contributed by atoms with E-state index in [4.69, 9.17) is 0 Å². The Labute approximate surface area is 122 Å². The van der Waals surface area contributed by atoms with Crippen LogP contribution in [0.4, 0.5) is 14.5 Å². The molecule has 0 aliphatic heterocycles. The highest BCUT2D eigenvalue weighted by Crippen LogP contribution is 2.20. The largest absolute Gasteiger partial charge is 0.377 e. The molecule has 2 aromatic rings. The molecule has 2 rings (SSSR count). The summed E-state index contributed by atoms with van der Waals surface area (Å²) in [5, 5.41) is 3.15. The van der Waals surface area contributed by atoms with Crippen LogP contribution in [0, 0.1) is 11.6 Å². The maximum Gasteiger partial charge on any atom is 0.250 e. The summed E-state index contributed by atoms with van der Waals surface area (Å²) in [5.74, 6) is -1.20. The van der Waals surface area contributed by atoms with E-state index in [0.29, 0.717) is 12.1 Å². The van der Waals surface area contributed by atoms with Gasteiger partial charge in [0.1, 0.15) is 11.6 Å². The fraction of sp³-hybridized carbons (Fsp3) is 0.312. The van der Waals surface area contributed by atoms with E-state index in [0.717, 1.165) is 18.2 Å². The topological polar surface area (TPSA) is 34.0 Å². The Hall–Kier alpha value is -2.17. The molecule has 0 fully saturated rings. The van der Waals surface area contributed by atoms with Crippen LogP contribution in [0.15, 0.2) is 41.3 Å². The lowest BCUT2D eigenvalue weighted by molar-refractivity contribution is 0.577. The third-order valence-electron chi connectivity index (χ3n) is 3.22. The van der Waals surface area contributed by atoms with Crippen molar-refractivity contribution >= 4 is 5.69 Å². The molecule has 1 heterocycles. The molecule has 0 spiro atoms. The molecule has 0 aliphatic rings. The zero-order valence-electron chi connectivity index (χ0n) is 12.1. The van der Waals surface area contributed by atoms with E-state index >= 15 is 0 Å². The van der Waals surface area contributed by atoms with E-state index in [1.54, 1.807) is 16.8 Å². The second-order valence-corrected chi connectivity index (χ2v) is 5.02. The van der Waals surface area contributed by atoms with Gasteiger partial charge in [0, 0.05) is 30.9 Å². The summed E-state index contributed by atoms with van der Waals surface area (Å²) >= 11 is 0. The van der Waals surface area contributed by atoms with Crippen LogP contribution < -0.4 is 10.9 Å². The minimum absolute atomic E-state index is 0.0631. The number of nitrogens with zero attached hydrogens (tertiary/aromatic N) is 1. The highest BCUT2D eigenvalue weighted by molar-refractivity contribution is 5.43. The summed E-state index contributed by atoms with van der Waals surface area (Å²) in [6.07, 6.45) is 2.58. The van der Waals surface area contributed by atoms with Crippen LogP contribution in [-0.4, -0.2) is 4.57 Å². The van der Waals surface area contributed by atoms with Gasteiger partial charge in [-0.25, -0.2) is 8.78 Å². The normalized spacial score (nSPS) is 12.2. The Balaban J connectivity index is 2.20. The summed E-state index contributed by atoms with van der Waals surface area (Å²) in [6.45, 7) is 4.44. The smallest absolute Gasteiger partial charge is 0.250 e. The SMILES string of the molecule is CCCn1cc(NC(C)c2cc(F)cc(F)c2)ccc1=O. The number of hydrogen-bond donors (Lipinski definition) is 1. The average Bonchev–Trinajstić information content (AvgIpc) is 2.41. The first-order valence-electron chi connectivity index (χ1n) is 6.92. The van der Waals surface area contributed by atoms with E-state index in [2.05, 4.69) is 5.32 Å². The van der Waals surface area contributed by atoms with Gasteiger partial charge >= 0.3 is 0 Å². The molecule has 1 aromatic heterocycles. The zero-order valence-corrected chi connectivity index (χ0v) is 12.1. The van der Waals surface area contributed by atoms with E-state index in [1.807, 2.05) is 13.8 Å². The second-order valence-electron chi connectivity index (χ2n) is 5.02. The van der Waals surface area contributed by atoms with Crippen LogP contribution in [0.5, 0.6) is 0 Å². The number of aromatic nitrogens is 1. The van der Waals surface area contributed by atoms with Crippen LogP contribution in [0.25, 0.3) is 0 Å². The number of halogens is 2. The van der Waals surface area contributed by atoms with Crippen molar-refractivity contribution in [2.75, 3.05) is 5.32 Å². The molecule has 1 unspecified atom stereocenters. The molecule has 0 saturated heterocycles. The summed E-state index contributed by atoms with van der Waals surface area (Å²) < 4.78 is 28.1. The predicted molar refractivity (Wildman–Crippen MR) is 79.4 cm³/mol. The molecule has 0 amide bonds. The Morgan fingerprint density at radius 3 is 2.48 bits per heavy atom. The fourth-order valence-electron chi connectivity index (χ4n) is 2.19. The molecule has 3 nitrogen and oxygen atoms in total. The van der Waals surface area contributed by atoms with Gasteiger partial charge in [0.25, 0.3) is 5.56 Å². The number of pyridine rings is 1. The van der Waals surface area contributed by atoms with Gasteiger partial charge < -0.3 is 9.88 Å². The minimum atomic E-state index is -0.602. The standard InChI is InChI=1S/C16H18F2N2O/c1-3-6-20-10-15(4-5-16(20)21)19-11(2)12-7-13(17)9-14(18)8-12/h4-5,7-11,19H,3,6H2,1-2H3. The lowest BCUT2D eigenvalue weighted by Gasteiger charge is -2.17. The number of nitrogens with one attached hydrogen (secondary N) is 1. The van der Waals surface area contributed by atoms with E-state index in [9.17, 15) is 13.6 Å². The molecular formula is C16H18F2N2O. The summed E-state index contributed by atoms with van der Waals surface area (Å²) in [7, 11) is 0. The molecule has 1 atom stereocenters. The lowest BCUT2D eigenvalue weighted by atomic mass is 10.1. The van der Waals surface area contributed by atoms with Crippen LogP contribution >= 0.6 is 0 Å². The number of benzene rings is 1. The monoisotopic (exact) mass is 292 g/mol. The Kier molecular flexibility index (Phi) is 4.73. The van der Waals surface area contributed by atoms with Crippen molar-refractivity contribution in [3.8, 4) is 0 Å².